The van der Waals surface area contributed by atoms with Gasteiger partial charge in [-0.15, -0.1) is 21.5 Å². The lowest BCUT2D eigenvalue weighted by Crippen LogP contribution is -2.37. The average Bonchev–Trinajstić information content (AvgIpc) is 3.47. The van der Waals surface area contributed by atoms with Gasteiger partial charge in [0.15, 0.2) is 5.16 Å². The Bertz CT molecular complexity index is 979. The van der Waals surface area contributed by atoms with E-state index in [1.54, 1.807) is 23.1 Å². The lowest BCUT2D eigenvalue weighted by molar-refractivity contribution is -0.130. The van der Waals surface area contributed by atoms with Crippen LogP contribution in [0.2, 0.25) is 0 Å². The van der Waals surface area contributed by atoms with Gasteiger partial charge < -0.3 is 9.47 Å². The summed E-state index contributed by atoms with van der Waals surface area (Å²) in [4.78, 5) is 16.4. The maximum absolute atomic E-state index is 13.2. The van der Waals surface area contributed by atoms with Gasteiger partial charge in [0.05, 0.1) is 5.75 Å². The normalized spacial score (nSPS) is 14.7. The molecule has 1 aromatic carbocycles. The first-order chi connectivity index (χ1) is 15.6. The van der Waals surface area contributed by atoms with Gasteiger partial charge in [-0.3, -0.25) is 4.79 Å². The molecule has 1 aliphatic carbocycles. The molecule has 32 heavy (non-hydrogen) atoms. The van der Waals surface area contributed by atoms with Crippen molar-refractivity contribution in [3.63, 3.8) is 0 Å². The minimum Gasteiger partial charge on any atom is -0.335 e. The van der Waals surface area contributed by atoms with Crippen LogP contribution < -0.4 is 0 Å². The molecule has 1 fully saturated rings. The predicted octanol–water partition coefficient (Wildman–Crippen LogP) is 5.96. The SMILES string of the molecule is CC(C)N(Cc1ccccc1)C(=O)CSc1nnc(Cc2cccs2)n1C1CCCCC1. The zero-order valence-corrected chi connectivity index (χ0v) is 20.6. The summed E-state index contributed by atoms with van der Waals surface area (Å²) >= 11 is 3.30. The third-order valence-corrected chi connectivity index (χ3v) is 7.86. The topological polar surface area (TPSA) is 51.0 Å². The number of carbonyl (C=O) groups is 1. The molecule has 5 nitrogen and oxygen atoms in total. The van der Waals surface area contributed by atoms with Crippen LogP contribution in [0.25, 0.3) is 0 Å². The Morgan fingerprint density at radius 3 is 2.59 bits per heavy atom. The summed E-state index contributed by atoms with van der Waals surface area (Å²) in [5.74, 6) is 1.56. The fourth-order valence-corrected chi connectivity index (χ4v) is 5.96. The molecule has 1 aliphatic rings. The van der Waals surface area contributed by atoms with Crippen molar-refractivity contribution in [2.45, 2.75) is 76.2 Å². The number of aromatic nitrogens is 3. The third kappa shape index (κ3) is 5.81. The zero-order chi connectivity index (χ0) is 22.3. The summed E-state index contributed by atoms with van der Waals surface area (Å²) in [6.45, 7) is 4.79. The van der Waals surface area contributed by atoms with Crippen molar-refractivity contribution in [3.8, 4) is 0 Å². The molecule has 1 saturated carbocycles. The molecule has 0 aliphatic heterocycles. The second kappa shape index (κ2) is 11.1. The van der Waals surface area contributed by atoms with Crippen molar-refractivity contribution in [2.24, 2.45) is 0 Å². The highest BCUT2D eigenvalue weighted by Crippen LogP contribution is 2.33. The fraction of sp³-hybridized carbons (Fsp3) is 0.480. The van der Waals surface area contributed by atoms with Crippen LogP contribution in [-0.2, 0) is 17.8 Å². The summed E-state index contributed by atoms with van der Waals surface area (Å²) in [7, 11) is 0. The molecule has 7 heteroatoms. The van der Waals surface area contributed by atoms with Gasteiger partial charge in [0.1, 0.15) is 5.82 Å². The second-order valence-corrected chi connectivity index (χ2v) is 10.7. The minimum absolute atomic E-state index is 0.145. The lowest BCUT2D eigenvalue weighted by atomic mass is 9.95. The monoisotopic (exact) mass is 468 g/mol. The van der Waals surface area contributed by atoms with Crippen LogP contribution >= 0.6 is 23.1 Å². The largest absolute Gasteiger partial charge is 0.335 e. The fourth-order valence-electron chi connectivity index (χ4n) is 4.35. The maximum Gasteiger partial charge on any atom is 0.233 e. The van der Waals surface area contributed by atoms with E-state index >= 15 is 0 Å². The van der Waals surface area contributed by atoms with Crippen molar-refractivity contribution >= 4 is 29.0 Å². The minimum atomic E-state index is 0.145. The molecular weight excluding hydrogens is 436 g/mol. The Morgan fingerprint density at radius 2 is 1.91 bits per heavy atom. The number of nitrogens with zero attached hydrogens (tertiary/aromatic N) is 4. The molecule has 0 unspecified atom stereocenters. The zero-order valence-electron chi connectivity index (χ0n) is 18.9. The number of hydrogen-bond acceptors (Lipinski definition) is 5. The third-order valence-electron chi connectivity index (χ3n) is 6.05. The number of benzene rings is 1. The molecule has 170 valence electrons. The molecule has 2 heterocycles. The highest BCUT2D eigenvalue weighted by atomic mass is 32.2. The van der Waals surface area contributed by atoms with Gasteiger partial charge in [-0.1, -0.05) is 67.4 Å². The van der Waals surface area contributed by atoms with Gasteiger partial charge in [-0.25, -0.2) is 0 Å². The Hall–Kier alpha value is -2.12. The summed E-state index contributed by atoms with van der Waals surface area (Å²) in [5.41, 5.74) is 1.16. The standard InChI is InChI=1S/C25H32N4OS2/c1-19(2)28(17-20-10-5-3-6-11-20)24(30)18-32-25-27-26-23(16-22-14-9-15-31-22)29(25)21-12-7-4-8-13-21/h3,5-6,9-11,14-15,19,21H,4,7-8,12-13,16-18H2,1-2H3. The quantitative estimate of drug-likeness (QED) is 0.363. The number of amides is 1. The van der Waals surface area contributed by atoms with Gasteiger partial charge in [0.25, 0.3) is 0 Å². The van der Waals surface area contributed by atoms with Crippen LogP contribution in [0.5, 0.6) is 0 Å². The molecule has 0 bridgehead atoms. The number of rotatable bonds is 9. The summed E-state index contributed by atoms with van der Waals surface area (Å²) in [6.07, 6.45) is 6.96. The van der Waals surface area contributed by atoms with Crippen LogP contribution in [0.4, 0.5) is 0 Å². The summed E-state index contributed by atoms with van der Waals surface area (Å²) in [5, 5.41) is 12.1. The molecule has 0 atom stereocenters. The van der Waals surface area contributed by atoms with Gasteiger partial charge in [-0.05, 0) is 43.7 Å². The van der Waals surface area contributed by atoms with E-state index in [0.717, 1.165) is 23.0 Å². The van der Waals surface area contributed by atoms with E-state index in [1.165, 1.54) is 37.0 Å². The molecular formula is C25H32N4OS2. The van der Waals surface area contributed by atoms with Crippen molar-refractivity contribution in [1.29, 1.82) is 0 Å². The van der Waals surface area contributed by atoms with E-state index in [2.05, 4.69) is 58.3 Å². The molecule has 4 rings (SSSR count). The summed E-state index contributed by atoms with van der Waals surface area (Å²) in [6, 6.07) is 15.0. The molecule has 0 saturated heterocycles. The maximum atomic E-state index is 13.2. The Kier molecular flexibility index (Phi) is 8.03. The molecule has 2 aromatic heterocycles. The van der Waals surface area contributed by atoms with Crippen molar-refractivity contribution < 1.29 is 4.79 Å². The number of hydrogen-bond donors (Lipinski definition) is 0. The van der Waals surface area contributed by atoms with E-state index in [9.17, 15) is 4.79 Å². The van der Waals surface area contributed by atoms with E-state index < -0.39 is 0 Å². The number of carbonyl (C=O) groups excluding carboxylic acids is 1. The highest BCUT2D eigenvalue weighted by Gasteiger charge is 2.25. The first-order valence-corrected chi connectivity index (χ1v) is 13.4. The van der Waals surface area contributed by atoms with E-state index in [0.29, 0.717) is 18.3 Å². The molecule has 0 radical (unpaired) electrons. The molecule has 3 aromatic rings. The van der Waals surface area contributed by atoms with Crippen molar-refractivity contribution in [1.82, 2.24) is 19.7 Å². The van der Waals surface area contributed by atoms with Crippen molar-refractivity contribution in [2.75, 3.05) is 5.75 Å². The van der Waals surface area contributed by atoms with Crippen LogP contribution in [0.1, 0.15) is 68.3 Å². The first-order valence-electron chi connectivity index (χ1n) is 11.5. The lowest BCUT2D eigenvalue weighted by Gasteiger charge is -2.27. The van der Waals surface area contributed by atoms with Gasteiger partial charge in [0.2, 0.25) is 5.91 Å². The highest BCUT2D eigenvalue weighted by molar-refractivity contribution is 7.99. The number of thioether (sulfide) groups is 1. The Labute approximate surface area is 199 Å². The van der Waals surface area contributed by atoms with Gasteiger partial charge >= 0.3 is 0 Å². The smallest absolute Gasteiger partial charge is 0.233 e. The van der Waals surface area contributed by atoms with Crippen LogP contribution in [0, 0.1) is 0 Å². The number of thiophene rings is 1. The molecule has 1 amide bonds. The Morgan fingerprint density at radius 1 is 1.12 bits per heavy atom. The predicted molar refractivity (Wildman–Crippen MR) is 132 cm³/mol. The summed E-state index contributed by atoms with van der Waals surface area (Å²) < 4.78 is 2.34. The van der Waals surface area contributed by atoms with Crippen LogP contribution in [0.3, 0.4) is 0 Å². The van der Waals surface area contributed by atoms with E-state index in [-0.39, 0.29) is 11.9 Å². The van der Waals surface area contributed by atoms with Crippen LogP contribution in [-0.4, -0.2) is 37.4 Å². The van der Waals surface area contributed by atoms with E-state index in [4.69, 9.17) is 0 Å². The van der Waals surface area contributed by atoms with Gasteiger partial charge in [-0.2, -0.15) is 0 Å². The van der Waals surface area contributed by atoms with E-state index in [1.807, 2.05) is 23.1 Å². The average molecular weight is 469 g/mol. The molecule has 0 N–H and O–H groups in total. The second-order valence-electron chi connectivity index (χ2n) is 8.71. The van der Waals surface area contributed by atoms with Crippen molar-refractivity contribution in [3.05, 3.63) is 64.1 Å². The van der Waals surface area contributed by atoms with Gasteiger partial charge in [0, 0.05) is 29.9 Å². The molecule has 0 spiro atoms. The van der Waals surface area contributed by atoms with Crippen LogP contribution in [0.15, 0.2) is 53.0 Å². The first kappa shape index (κ1) is 23.1. The Balaban J connectivity index is 1.48.